The second kappa shape index (κ2) is 62.9. The van der Waals surface area contributed by atoms with Crippen LogP contribution in [0.15, 0.2) is 158 Å². The maximum absolute atomic E-state index is 12.9. The van der Waals surface area contributed by atoms with Gasteiger partial charge in [-0.3, -0.25) is 9.59 Å². The van der Waals surface area contributed by atoms with Gasteiger partial charge in [0, 0.05) is 12.8 Å². The quantitative estimate of drug-likeness (QED) is 0.0195. The fraction of sp³-hybridized carbons (Fsp3) is 0.608. The van der Waals surface area contributed by atoms with E-state index in [1.807, 2.05) is 21.1 Å². The molecule has 0 saturated carbocycles. The Balaban J connectivity index is 4.24. The van der Waals surface area contributed by atoms with Crippen molar-refractivity contribution >= 4 is 17.9 Å². The van der Waals surface area contributed by atoms with Gasteiger partial charge >= 0.3 is 11.9 Å². The van der Waals surface area contributed by atoms with Crippen LogP contribution in [0.1, 0.15) is 232 Å². The Kier molecular flexibility index (Phi) is 59.1. The molecule has 0 bridgehead atoms. The minimum atomic E-state index is -1.64. The fourth-order valence-electron chi connectivity index (χ4n) is 8.34. The molecular weight excluding hydrogens is 1030 g/mol. The average Bonchev–Trinajstić information content (AvgIpc) is 3.46. The number of carbonyl (C=O) groups excluding carboxylic acids is 3. The van der Waals surface area contributed by atoms with Crippen molar-refractivity contribution in [3.63, 3.8) is 0 Å². The van der Waals surface area contributed by atoms with Crippen LogP contribution < -0.4 is 5.11 Å². The van der Waals surface area contributed by atoms with Crippen LogP contribution in [0.3, 0.4) is 0 Å². The van der Waals surface area contributed by atoms with Gasteiger partial charge in [0.1, 0.15) is 13.2 Å². The van der Waals surface area contributed by atoms with Crippen molar-refractivity contribution in [1.82, 2.24) is 0 Å². The average molecular weight is 1150 g/mol. The third kappa shape index (κ3) is 64.3. The van der Waals surface area contributed by atoms with Crippen LogP contribution >= 0.6 is 0 Å². The number of hydrogen-bond donors (Lipinski definition) is 0. The van der Waals surface area contributed by atoms with Gasteiger partial charge in [0.2, 0.25) is 0 Å². The first-order valence-electron chi connectivity index (χ1n) is 32.6. The molecule has 0 aliphatic carbocycles. The van der Waals surface area contributed by atoms with E-state index in [1.54, 1.807) is 0 Å². The van der Waals surface area contributed by atoms with E-state index in [1.165, 1.54) is 57.8 Å². The van der Waals surface area contributed by atoms with Crippen LogP contribution in [0, 0.1) is 0 Å². The Morgan fingerprint density at radius 2 is 0.651 bits per heavy atom. The van der Waals surface area contributed by atoms with Crippen molar-refractivity contribution in [2.75, 3.05) is 47.5 Å². The number of hydrogen-bond acceptors (Lipinski definition) is 8. The summed E-state index contributed by atoms with van der Waals surface area (Å²) in [6.07, 6.45) is 90.1. The number of carbonyl (C=O) groups is 3. The van der Waals surface area contributed by atoms with E-state index in [9.17, 15) is 19.5 Å². The number of carboxylic acid groups (broad SMARTS) is 1. The molecule has 468 valence electrons. The summed E-state index contributed by atoms with van der Waals surface area (Å²) in [7, 11) is 5.91. The minimum Gasteiger partial charge on any atom is -0.545 e. The zero-order valence-corrected chi connectivity index (χ0v) is 53.2. The molecule has 0 rings (SSSR count). The molecule has 0 amide bonds. The van der Waals surface area contributed by atoms with Gasteiger partial charge in [-0.2, -0.15) is 0 Å². The predicted octanol–water partition coefficient (Wildman–Crippen LogP) is 18.8. The van der Waals surface area contributed by atoms with Crippen LogP contribution in [0.5, 0.6) is 0 Å². The molecular formula is C74H119NO8. The third-order valence-electron chi connectivity index (χ3n) is 13.3. The van der Waals surface area contributed by atoms with Crippen LogP contribution in [-0.4, -0.2) is 82.3 Å². The molecule has 9 heteroatoms. The lowest BCUT2D eigenvalue weighted by Gasteiger charge is -2.26. The summed E-state index contributed by atoms with van der Waals surface area (Å²) < 4.78 is 22.7. The molecule has 0 aliphatic rings. The molecule has 0 spiro atoms. The van der Waals surface area contributed by atoms with Crippen LogP contribution in [0.25, 0.3) is 0 Å². The normalized spacial score (nSPS) is 13.8. The van der Waals surface area contributed by atoms with Crippen LogP contribution in [0.2, 0.25) is 0 Å². The summed E-state index contributed by atoms with van der Waals surface area (Å²) >= 11 is 0. The van der Waals surface area contributed by atoms with Gasteiger partial charge < -0.3 is 33.3 Å². The van der Waals surface area contributed by atoms with Crippen molar-refractivity contribution in [3.8, 4) is 0 Å². The van der Waals surface area contributed by atoms with E-state index in [-0.39, 0.29) is 38.6 Å². The van der Waals surface area contributed by atoms with E-state index < -0.39 is 24.3 Å². The van der Waals surface area contributed by atoms with E-state index in [4.69, 9.17) is 18.9 Å². The zero-order valence-electron chi connectivity index (χ0n) is 53.2. The van der Waals surface area contributed by atoms with Crippen LogP contribution in [-0.2, 0) is 33.3 Å². The predicted molar refractivity (Wildman–Crippen MR) is 352 cm³/mol. The molecule has 0 aliphatic heterocycles. The first-order valence-corrected chi connectivity index (χ1v) is 32.6. The van der Waals surface area contributed by atoms with Gasteiger partial charge in [0.15, 0.2) is 12.4 Å². The standard InChI is InChI=1S/C74H119NO8/c1-6-8-10-12-14-16-18-20-22-24-26-28-30-31-32-33-34-35-36-37-38-39-40-41-43-45-47-49-51-53-55-57-59-61-63-65-72(77)83-70(69-82-74(73(78)79)80-67-66-75(3,4)5)68-81-71(76)64-62-60-58-56-54-52-50-48-46-44-42-29-27-25-23-21-19-17-15-13-11-9-7-2/h8-11,14-17,20-23,26-29,31-32,34-35,37-38,40-41,44,46,70,74H,6-7,12-13,18-19,24-25,30,33,36,39,42-43,45,47-69H2,1-5H3/b10-8-,11-9-,16-14-,17-15-,22-20-,23-21-,28-26-,29-27-,32-31-,35-34-,38-37-,41-40-,46-44-. The van der Waals surface area contributed by atoms with Crippen molar-refractivity contribution in [2.24, 2.45) is 0 Å². The van der Waals surface area contributed by atoms with Crippen molar-refractivity contribution in [2.45, 2.75) is 245 Å². The molecule has 0 heterocycles. The maximum Gasteiger partial charge on any atom is 0.306 e. The summed E-state index contributed by atoms with van der Waals surface area (Å²) in [4.78, 5) is 37.4. The summed E-state index contributed by atoms with van der Waals surface area (Å²) in [6, 6.07) is 0. The fourth-order valence-corrected chi connectivity index (χ4v) is 8.34. The molecule has 0 aromatic carbocycles. The lowest BCUT2D eigenvalue weighted by atomic mass is 10.0. The van der Waals surface area contributed by atoms with Gasteiger partial charge in [-0.1, -0.05) is 255 Å². The Bertz CT molecular complexity index is 1920. The van der Waals surface area contributed by atoms with Crippen molar-refractivity contribution in [3.05, 3.63) is 158 Å². The minimum absolute atomic E-state index is 0.136. The van der Waals surface area contributed by atoms with Gasteiger partial charge in [0.25, 0.3) is 0 Å². The van der Waals surface area contributed by atoms with E-state index in [0.717, 1.165) is 141 Å². The topological polar surface area (TPSA) is 111 Å². The van der Waals surface area contributed by atoms with Crippen molar-refractivity contribution < 1.29 is 42.9 Å². The lowest BCUT2D eigenvalue weighted by Crippen LogP contribution is -2.44. The number of allylic oxidation sites excluding steroid dienone is 26. The summed E-state index contributed by atoms with van der Waals surface area (Å²) in [5.41, 5.74) is 0. The van der Waals surface area contributed by atoms with Crippen molar-refractivity contribution in [1.29, 1.82) is 0 Å². The molecule has 0 radical (unpaired) electrons. The van der Waals surface area contributed by atoms with Gasteiger partial charge in [-0.15, -0.1) is 0 Å². The second-order valence-corrected chi connectivity index (χ2v) is 22.3. The van der Waals surface area contributed by atoms with E-state index in [2.05, 4.69) is 172 Å². The smallest absolute Gasteiger partial charge is 0.306 e. The molecule has 0 aromatic heterocycles. The molecule has 0 fully saturated rings. The molecule has 2 atom stereocenters. The number of ether oxygens (including phenoxy) is 4. The number of esters is 2. The first kappa shape index (κ1) is 77.9. The highest BCUT2D eigenvalue weighted by Crippen LogP contribution is 2.15. The molecule has 9 nitrogen and oxygen atoms in total. The highest BCUT2D eigenvalue weighted by atomic mass is 16.7. The maximum atomic E-state index is 12.9. The molecule has 2 unspecified atom stereocenters. The number of aliphatic carboxylic acids is 1. The van der Waals surface area contributed by atoms with E-state index in [0.29, 0.717) is 17.4 Å². The largest absolute Gasteiger partial charge is 0.545 e. The first-order chi connectivity index (χ1) is 40.6. The number of carboxylic acids is 1. The third-order valence-corrected chi connectivity index (χ3v) is 13.3. The highest BCUT2D eigenvalue weighted by Gasteiger charge is 2.22. The Labute approximate surface area is 508 Å². The molecule has 0 aromatic rings. The number of rotatable bonds is 58. The number of unbranched alkanes of at least 4 members (excludes halogenated alkanes) is 17. The Morgan fingerprint density at radius 3 is 0.964 bits per heavy atom. The van der Waals surface area contributed by atoms with E-state index >= 15 is 0 Å². The SMILES string of the molecule is CC/C=C\C/C=C\C/C=C\C/C=C\C/C=C\C/C=C\C/C=C\C/C=C\CCCCCCCCCCCCC(=O)OC(COC(=O)CCCCCCCCC/C=C\C/C=C\C/C=C\C/C=C\C/C=C\CC)COC(OCC[N+](C)(C)C)C(=O)[O-]. The van der Waals surface area contributed by atoms with Gasteiger partial charge in [-0.05, 0) is 122 Å². The Morgan fingerprint density at radius 1 is 0.361 bits per heavy atom. The Hall–Kier alpha value is -5.09. The molecule has 0 N–H and O–H groups in total. The lowest BCUT2D eigenvalue weighted by molar-refractivity contribution is -0.870. The number of likely N-dealkylation sites (N-methyl/N-ethyl adjacent to an activating group) is 1. The number of quaternary nitrogens is 1. The summed E-state index contributed by atoms with van der Waals surface area (Å²) in [6.45, 7) is 4.49. The zero-order chi connectivity index (χ0) is 60.5. The second-order valence-electron chi connectivity index (χ2n) is 22.3. The van der Waals surface area contributed by atoms with Gasteiger partial charge in [-0.25, -0.2) is 0 Å². The molecule has 0 saturated heterocycles. The summed E-state index contributed by atoms with van der Waals surface area (Å²) in [5, 5.41) is 11.8. The van der Waals surface area contributed by atoms with Crippen LogP contribution in [0.4, 0.5) is 0 Å². The monoisotopic (exact) mass is 1150 g/mol. The van der Waals surface area contributed by atoms with Gasteiger partial charge in [0.05, 0.1) is 40.3 Å². The highest BCUT2D eigenvalue weighted by molar-refractivity contribution is 5.70. The molecule has 83 heavy (non-hydrogen) atoms. The number of nitrogens with zero attached hydrogens (tertiary/aromatic N) is 1. The summed E-state index contributed by atoms with van der Waals surface area (Å²) in [5.74, 6) is -2.32.